The molecule has 0 amide bonds. The van der Waals surface area contributed by atoms with E-state index in [1.54, 1.807) is 7.11 Å². The molecule has 0 radical (unpaired) electrons. The molecule has 198 valence electrons. The van der Waals surface area contributed by atoms with Crippen LogP contribution in [0.1, 0.15) is 87.0 Å². The van der Waals surface area contributed by atoms with Crippen LogP contribution in [-0.4, -0.2) is 48.3 Å². The van der Waals surface area contributed by atoms with Crippen molar-refractivity contribution >= 4 is 11.6 Å². The Bertz CT molecular complexity index is 987. The summed E-state index contributed by atoms with van der Waals surface area (Å²) >= 11 is 6.57. The molecular weight excluding hydrogens is 476 g/mol. The van der Waals surface area contributed by atoms with Crippen LogP contribution >= 0.6 is 11.6 Å². The van der Waals surface area contributed by atoms with Crippen molar-refractivity contribution in [2.75, 3.05) is 20.3 Å². The van der Waals surface area contributed by atoms with Crippen LogP contribution in [0.4, 0.5) is 0 Å². The van der Waals surface area contributed by atoms with E-state index in [1.807, 2.05) is 32.0 Å². The maximum atomic E-state index is 10.4. The van der Waals surface area contributed by atoms with Gasteiger partial charge in [-0.25, -0.2) is 0 Å². The summed E-state index contributed by atoms with van der Waals surface area (Å²) in [6.07, 6.45) is 6.43. The molecule has 2 saturated heterocycles. The molecule has 5 nitrogen and oxygen atoms in total. The fourth-order valence-corrected chi connectivity index (χ4v) is 6.29. The average Bonchev–Trinajstić information content (AvgIpc) is 3.56. The highest BCUT2D eigenvalue weighted by molar-refractivity contribution is 6.31. The minimum atomic E-state index is -1.10. The number of hydrogen-bond acceptors (Lipinski definition) is 5. The maximum absolute atomic E-state index is 10.4. The van der Waals surface area contributed by atoms with Gasteiger partial charge in [0.15, 0.2) is 5.79 Å². The summed E-state index contributed by atoms with van der Waals surface area (Å²) < 4.78 is 18.1. The number of aliphatic hydroxyl groups is 2. The Morgan fingerprint density at radius 2 is 1.78 bits per heavy atom. The van der Waals surface area contributed by atoms with E-state index in [0.29, 0.717) is 30.2 Å². The second-order valence-corrected chi connectivity index (χ2v) is 10.7. The Kier molecular flexibility index (Phi) is 9.14. The summed E-state index contributed by atoms with van der Waals surface area (Å²) in [7, 11) is 1.57. The number of hydrogen-bond donors (Lipinski definition) is 2. The van der Waals surface area contributed by atoms with Crippen molar-refractivity contribution in [1.29, 1.82) is 0 Å². The minimum Gasteiger partial charge on any atom is -0.394 e. The zero-order valence-corrected chi connectivity index (χ0v) is 22.6. The van der Waals surface area contributed by atoms with Crippen LogP contribution in [0.3, 0.4) is 0 Å². The Morgan fingerprint density at radius 1 is 1.06 bits per heavy atom. The SMILES string of the molecule is CC.COC1(c2ccc(Cl)c(Cc3ccc(C4COC5(CCCC5)C4)cc3)c2)CC(O)CC(CO)O1. The van der Waals surface area contributed by atoms with Gasteiger partial charge in [0.25, 0.3) is 0 Å². The summed E-state index contributed by atoms with van der Waals surface area (Å²) in [6.45, 7) is 4.66. The van der Waals surface area contributed by atoms with E-state index in [0.717, 1.165) is 24.2 Å². The van der Waals surface area contributed by atoms with Crippen molar-refractivity contribution in [1.82, 2.24) is 0 Å². The molecule has 2 heterocycles. The van der Waals surface area contributed by atoms with Crippen LogP contribution in [0.15, 0.2) is 42.5 Å². The minimum absolute atomic E-state index is 0.137. The van der Waals surface area contributed by atoms with Crippen molar-refractivity contribution in [3.63, 3.8) is 0 Å². The number of halogens is 1. The van der Waals surface area contributed by atoms with Crippen molar-refractivity contribution in [3.05, 3.63) is 69.7 Å². The van der Waals surface area contributed by atoms with Gasteiger partial charge < -0.3 is 24.4 Å². The van der Waals surface area contributed by atoms with Crippen molar-refractivity contribution in [2.45, 2.75) is 94.7 Å². The lowest BCUT2D eigenvalue weighted by Crippen LogP contribution is -2.46. The highest BCUT2D eigenvalue weighted by atomic mass is 35.5. The van der Waals surface area contributed by atoms with Gasteiger partial charge in [-0.1, -0.05) is 68.6 Å². The number of ether oxygens (including phenoxy) is 3. The Balaban J connectivity index is 0.00000148. The zero-order chi connectivity index (χ0) is 25.8. The molecule has 3 aliphatic rings. The van der Waals surface area contributed by atoms with Gasteiger partial charge in [0.2, 0.25) is 0 Å². The van der Waals surface area contributed by atoms with E-state index in [2.05, 4.69) is 24.3 Å². The monoisotopic (exact) mass is 516 g/mol. The van der Waals surface area contributed by atoms with Gasteiger partial charge in [-0.05, 0) is 54.5 Å². The molecule has 0 bridgehead atoms. The van der Waals surface area contributed by atoms with Crippen LogP contribution in [0, 0.1) is 0 Å². The lowest BCUT2D eigenvalue weighted by molar-refractivity contribution is -0.298. The number of aliphatic hydroxyl groups excluding tert-OH is 2. The third-order valence-electron chi connectivity index (χ3n) is 7.98. The molecule has 1 spiro atoms. The fraction of sp³-hybridized carbons (Fsp3) is 0.600. The third kappa shape index (κ3) is 5.82. The molecule has 2 aromatic carbocycles. The van der Waals surface area contributed by atoms with Gasteiger partial charge in [-0.2, -0.15) is 0 Å². The van der Waals surface area contributed by atoms with Gasteiger partial charge in [-0.15, -0.1) is 0 Å². The summed E-state index contributed by atoms with van der Waals surface area (Å²) in [4.78, 5) is 0. The van der Waals surface area contributed by atoms with Crippen LogP contribution < -0.4 is 0 Å². The van der Waals surface area contributed by atoms with Crippen molar-refractivity contribution in [3.8, 4) is 0 Å². The van der Waals surface area contributed by atoms with Crippen LogP contribution in [0.2, 0.25) is 5.02 Å². The second-order valence-electron chi connectivity index (χ2n) is 10.3. The fourth-order valence-electron chi connectivity index (χ4n) is 6.11. The second kappa shape index (κ2) is 11.9. The molecular formula is C30H41ClO5. The van der Waals surface area contributed by atoms with Crippen molar-refractivity contribution < 1.29 is 24.4 Å². The summed E-state index contributed by atoms with van der Waals surface area (Å²) in [5.41, 5.74) is 4.44. The molecule has 4 unspecified atom stereocenters. The predicted molar refractivity (Wildman–Crippen MR) is 142 cm³/mol. The molecule has 1 saturated carbocycles. The Morgan fingerprint density at radius 3 is 2.44 bits per heavy atom. The quantitative estimate of drug-likeness (QED) is 0.485. The molecule has 0 aromatic heterocycles. The standard InChI is InChI=1S/C28H35ClO5.C2H6/c1-32-28(16-24(31)14-25(17-30)34-28)23-8-9-26(29)21(13-23)12-19-4-6-20(7-5-19)22-15-27(33-18-22)10-2-3-11-27;1-2/h4-9,13,22,24-25,30-31H,2-3,10-12,14-18H2,1H3;1-2H3. The largest absolute Gasteiger partial charge is 0.394 e. The van der Waals surface area contributed by atoms with E-state index in [9.17, 15) is 10.2 Å². The first-order valence-electron chi connectivity index (χ1n) is 13.5. The van der Waals surface area contributed by atoms with Gasteiger partial charge in [0, 0.05) is 36.5 Å². The molecule has 4 atom stereocenters. The summed E-state index contributed by atoms with van der Waals surface area (Å²) in [5, 5.41) is 20.7. The van der Waals surface area contributed by atoms with Crippen molar-refractivity contribution in [2.24, 2.45) is 0 Å². The number of benzene rings is 2. The van der Waals surface area contributed by atoms with Crippen LogP contribution in [-0.2, 0) is 26.4 Å². The maximum Gasteiger partial charge on any atom is 0.197 e. The summed E-state index contributed by atoms with van der Waals surface area (Å²) in [5.74, 6) is -0.623. The zero-order valence-electron chi connectivity index (χ0n) is 21.8. The highest BCUT2D eigenvalue weighted by Crippen LogP contribution is 2.46. The van der Waals surface area contributed by atoms with Gasteiger partial charge in [0.05, 0.1) is 31.0 Å². The summed E-state index contributed by atoms with van der Waals surface area (Å²) in [6, 6.07) is 14.6. The van der Waals surface area contributed by atoms with E-state index in [1.165, 1.54) is 36.8 Å². The lowest BCUT2D eigenvalue weighted by atomic mass is 9.87. The van der Waals surface area contributed by atoms with E-state index >= 15 is 0 Å². The third-order valence-corrected chi connectivity index (χ3v) is 8.35. The van der Waals surface area contributed by atoms with E-state index < -0.39 is 18.0 Å². The molecule has 6 heteroatoms. The smallest absolute Gasteiger partial charge is 0.197 e. The normalized spacial score (nSPS) is 29.2. The highest BCUT2D eigenvalue weighted by Gasteiger charge is 2.44. The Hall–Kier alpha value is -1.47. The first-order valence-corrected chi connectivity index (χ1v) is 13.9. The average molecular weight is 517 g/mol. The molecule has 3 fully saturated rings. The Labute approximate surface area is 220 Å². The first kappa shape index (κ1) is 27.6. The van der Waals surface area contributed by atoms with E-state index in [4.69, 9.17) is 25.8 Å². The number of rotatable bonds is 6. The molecule has 36 heavy (non-hydrogen) atoms. The lowest BCUT2D eigenvalue weighted by Gasteiger charge is -2.42. The number of methoxy groups -OCH3 is 1. The predicted octanol–water partition coefficient (Wildman–Crippen LogP) is 6.11. The first-order chi connectivity index (χ1) is 17.4. The molecule has 1 aliphatic carbocycles. The van der Waals surface area contributed by atoms with E-state index in [-0.39, 0.29) is 12.2 Å². The molecule has 5 rings (SSSR count). The topological polar surface area (TPSA) is 68.2 Å². The molecule has 2 N–H and O–H groups in total. The molecule has 2 aromatic rings. The van der Waals surface area contributed by atoms with Gasteiger partial charge in [0.1, 0.15) is 0 Å². The van der Waals surface area contributed by atoms with Crippen LogP contribution in [0.5, 0.6) is 0 Å². The van der Waals surface area contributed by atoms with Gasteiger partial charge >= 0.3 is 0 Å². The molecule has 2 aliphatic heterocycles. The van der Waals surface area contributed by atoms with Crippen LogP contribution in [0.25, 0.3) is 0 Å². The van der Waals surface area contributed by atoms with Gasteiger partial charge in [-0.3, -0.25) is 0 Å².